The smallest absolute Gasteiger partial charge is 0.149 e. The summed E-state index contributed by atoms with van der Waals surface area (Å²) in [7, 11) is 0. The molecule has 0 atom stereocenters. The average molecular weight is 185 g/mol. The molecule has 0 aliphatic rings. The predicted octanol–water partition coefficient (Wildman–Crippen LogP) is 1.95. The maximum atomic E-state index is 8.47. The minimum absolute atomic E-state index is 0.0239. The lowest BCUT2D eigenvalue weighted by Crippen LogP contribution is -2.19. The summed E-state index contributed by atoms with van der Waals surface area (Å²) in [5.74, 6) is -0.0239. The van der Waals surface area contributed by atoms with Crippen LogP contribution in [0, 0.1) is 12.3 Å². The first kappa shape index (κ1) is 9.03. The first-order valence-electron chi connectivity index (χ1n) is 3.40. The first-order valence-corrected chi connectivity index (χ1v) is 3.78. The Bertz CT molecular complexity index is 312. The Hall–Kier alpha value is -1.06. The summed E-state index contributed by atoms with van der Waals surface area (Å²) in [5.41, 5.74) is 3.28. The van der Waals surface area contributed by atoms with Crippen LogP contribution in [0.15, 0.2) is 18.2 Å². The van der Waals surface area contributed by atoms with Crippen LogP contribution in [0.1, 0.15) is 11.1 Å². The minimum Gasteiger partial charge on any atom is -0.290 e. The number of amidine groups is 1. The highest BCUT2D eigenvalue weighted by atomic mass is 35.5. The second kappa shape index (κ2) is 3.56. The third-order valence-electron chi connectivity index (χ3n) is 1.57. The number of hydrogen-bond acceptors (Lipinski definition) is 2. The van der Waals surface area contributed by atoms with Crippen LogP contribution in [-0.2, 0) is 0 Å². The van der Waals surface area contributed by atoms with Crippen molar-refractivity contribution in [3.8, 4) is 0 Å². The van der Waals surface area contributed by atoms with Crippen molar-refractivity contribution in [3.63, 3.8) is 0 Å². The van der Waals surface area contributed by atoms with Crippen LogP contribution in [0.5, 0.6) is 0 Å². The maximum Gasteiger partial charge on any atom is 0.149 e. The minimum atomic E-state index is -0.0239. The Morgan fingerprint density at radius 3 is 2.75 bits per heavy atom. The van der Waals surface area contributed by atoms with E-state index in [1.54, 1.807) is 23.7 Å². The lowest BCUT2D eigenvalue weighted by atomic mass is 10.1. The molecule has 0 aliphatic carbocycles. The molecule has 0 unspecified atom stereocenters. The van der Waals surface area contributed by atoms with Crippen LogP contribution >= 0.6 is 11.6 Å². The van der Waals surface area contributed by atoms with E-state index in [1.807, 2.05) is 6.92 Å². The SMILES string of the molecule is Cc1cc(Cl)ccc1C(=N)NO. The van der Waals surface area contributed by atoms with Crippen LogP contribution in [0.2, 0.25) is 5.02 Å². The van der Waals surface area contributed by atoms with Gasteiger partial charge in [-0.2, -0.15) is 0 Å². The third-order valence-corrected chi connectivity index (χ3v) is 1.80. The summed E-state index contributed by atoms with van der Waals surface area (Å²) in [4.78, 5) is 0. The molecule has 0 aromatic heterocycles. The van der Waals surface area contributed by atoms with Crippen LogP contribution in [-0.4, -0.2) is 11.0 Å². The molecule has 1 aromatic rings. The molecular weight excluding hydrogens is 176 g/mol. The molecule has 1 aromatic carbocycles. The number of benzene rings is 1. The Morgan fingerprint density at radius 2 is 2.25 bits per heavy atom. The highest BCUT2D eigenvalue weighted by Gasteiger charge is 2.03. The Labute approximate surface area is 75.4 Å². The molecule has 0 spiro atoms. The van der Waals surface area contributed by atoms with Crippen LogP contribution in [0.3, 0.4) is 0 Å². The fraction of sp³-hybridized carbons (Fsp3) is 0.125. The molecule has 1 rings (SSSR count). The Balaban J connectivity index is 3.09. The largest absolute Gasteiger partial charge is 0.290 e. The van der Waals surface area contributed by atoms with Crippen molar-refractivity contribution in [1.29, 1.82) is 5.41 Å². The van der Waals surface area contributed by atoms with E-state index in [-0.39, 0.29) is 5.84 Å². The van der Waals surface area contributed by atoms with Gasteiger partial charge in [0, 0.05) is 10.6 Å². The van der Waals surface area contributed by atoms with Gasteiger partial charge in [0.15, 0.2) is 0 Å². The number of aryl methyl sites for hydroxylation is 1. The number of halogens is 1. The summed E-state index contributed by atoms with van der Waals surface area (Å²) >= 11 is 5.71. The van der Waals surface area contributed by atoms with E-state index < -0.39 is 0 Å². The van der Waals surface area contributed by atoms with Gasteiger partial charge in [0.2, 0.25) is 0 Å². The maximum absolute atomic E-state index is 8.47. The molecule has 3 N–H and O–H groups in total. The number of hydroxylamine groups is 1. The molecule has 12 heavy (non-hydrogen) atoms. The molecule has 64 valence electrons. The normalized spacial score (nSPS) is 9.58. The molecule has 0 amide bonds. The van der Waals surface area contributed by atoms with E-state index in [0.717, 1.165) is 5.56 Å². The van der Waals surface area contributed by atoms with Crippen molar-refractivity contribution in [1.82, 2.24) is 5.48 Å². The van der Waals surface area contributed by atoms with Gasteiger partial charge in [-0.25, -0.2) is 0 Å². The van der Waals surface area contributed by atoms with Crippen molar-refractivity contribution in [3.05, 3.63) is 34.3 Å². The Morgan fingerprint density at radius 1 is 1.58 bits per heavy atom. The van der Waals surface area contributed by atoms with Crippen LogP contribution in [0.4, 0.5) is 0 Å². The fourth-order valence-electron chi connectivity index (χ4n) is 0.968. The summed E-state index contributed by atoms with van der Waals surface area (Å²) in [5, 5.41) is 16.4. The van der Waals surface area contributed by atoms with Crippen molar-refractivity contribution in [2.75, 3.05) is 0 Å². The molecule has 0 bridgehead atoms. The van der Waals surface area contributed by atoms with Crippen LogP contribution in [0.25, 0.3) is 0 Å². The van der Waals surface area contributed by atoms with Gasteiger partial charge >= 0.3 is 0 Å². The molecule has 0 fully saturated rings. The zero-order valence-electron chi connectivity index (χ0n) is 6.56. The predicted molar refractivity (Wildman–Crippen MR) is 47.9 cm³/mol. The van der Waals surface area contributed by atoms with Gasteiger partial charge in [-0.3, -0.25) is 16.1 Å². The van der Waals surface area contributed by atoms with Crippen molar-refractivity contribution in [2.24, 2.45) is 0 Å². The molecule has 0 saturated heterocycles. The van der Waals surface area contributed by atoms with Gasteiger partial charge in [-0.05, 0) is 30.7 Å². The molecule has 3 nitrogen and oxygen atoms in total. The van der Waals surface area contributed by atoms with Crippen molar-refractivity contribution < 1.29 is 5.21 Å². The van der Waals surface area contributed by atoms with E-state index in [1.165, 1.54) is 0 Å². The van der Waals surface area contributed by atoms with Gasteiger partial charge in [0.05, 0.1) is 0 Å². The van der Waals surface area contributed by atoms with Crippen LogP contribution < -0.4 is 5.48 Å². The molecule has 0 saturated carbocycles. The van der Waals surface area contributed by atoms with Gasteiger partial charge in [0.25, 0.3) is 0 Å². The van der Waals surface area contributed by atoms with Gasteiger partial charge in [-0.1, -0.05) is 11.6 Å². The van der Waals surface area contributed by atoms with Gasteiger partial charge in [-0.15, -0.1) is 0 Å². The van der Waals surface area contributed by atoms with E-state index in [4.69, 9.17) is 22.2 Å². The zero-order valence-corrected chi connectivity index (χ0v) is 7.31. The molecule has 0 heterocycles. The highest BCUT2D eigenvalue weighted by Crippen LogP contribution is 2.14. The lowest BCUT2D eigenvalue weighted by molar-refractivity contribution is 0.234. The summed E-state index contributed by atoms with van der Waals surface area (Å²) in [6.45, 7) is 1.83. The van der Waals surface area contributed by atoms with Crippen molar-refractivity contribution in [2.45, 2.75) is 6.92 Å². The van der Waals surface area contributed by atoms with E-state index in [2.05, 4.69) is 0 Å². The van der Waals surface area contributed by atoms with E-state index in [9.17, 15) is 0 Å². The summed E-state index contributed by atoms with van der Waals surface area (Å²) in [6.07, 6.45) is 0. The van der Waals surface area contributed by atoms with Gasteiger partial charge < -0.3 is 0 Å². The third kappa shape index (κ3) is 1.75. The standard InChI is InChI=1S/C8H9ClN2O/c1-5-4-6(9)2-3-7(5)8(10)11-12/h2-4,12H,1H3,(H2,10,11). The molecule has 0 aliphatic heterocycles. The van der Waals surface area contributed by atoms with Crippen molar-refractivity contribution >= 4 is 17.4 Å². The number of rotatable bonds is 1. The monoisotopic (exact) mass is 184 g/mol. The molecule has 0 radical (unpaired) electrons. The molecular formula is C8H9ClN2O. The fourth-order valence-corrected chi connectivity index (χ4v) is 1.19. The quantitative estimate of drug-likeness (QED) is 0.355. The Kier molecular flexibility index (Phi) is 2.68. The second-order valence-corrected chi connectivity index (χ2v) is 2.88. The summed E-state index contributed by atoms with van der Waals surface area (Å²) in [6, 6.07) is 5.10. The zero-order chi connectivity index (χ0) is 9.14. The highest BCUT2D eigenvalue weighted by molar-refractivity contribution is 6.30. The van der Waals surface area contributed by atoms with E-state index in [0.29, 0.717) is 10.6 Å². The average Bonchev–Trinajstić information content (AvgIpc) is 2.03. The number of nitrogens with one attached hydrogen (secondary N) is 2. The number of hydrogen-bond donors (Lipinski definition) is 3. The van der Waals surface area contributed by atoms with E-state index >= 15 is 0 Å². The topological polar surface area (TPSA) is 56.1 Å². The summed E-state index contributed by atoms with van der Waals surface area (Å²) < 4.78 is 0. The lowest BCUT2D eigenvalue weighted by Gasteiger charge is -2.05. The second-order valence-electron chi connectivity index (χ2n) is 2.45. The molecule has 4 heteroatoms. The van der Waals surface area contributed by atoms with Gasteiger partial charge in [0.1, 0.15) is 5.84 Å². The first-order chi connectivity index (χ1) is 5.65.